The number of likely N-dealkylation sites (tertiary alicyclic amines) is 1. The molecule has 1 heterocycles. The predicted octanol–water partition coefficient (Wildman–Crippen LogP) is 5.60. The molecule has 8 nitrogen and oxygen atoms in total. The van der Waals surface area contributed by atoms with Crippen molar-refractivity contribution in [3.05, 3.63) is 95.6 Å². The van der Waals surface area contributed by atoms with Crippen LogP contribution in [0.4, 0.5) is 4.79 Å². The van der Waals surface area contributed by atoms with E-state index in [2.05, 4.69) is 17.4 Å². The van der Waals surface area contributed by atoms with Crippen LogP contribution < -0.4 is 5.32 Å². The van der Waals surface area contributed by atoms with Gasteiger partial charge in [-0.05, 0) is 47.6 Å². The highest BCUT2D eigenvalue weighted by Gasteiger charge is 2.47. The van der Waals surface area contributed by atoms with Crippen molar-refractivity contribution in [1.82, 2.24) is 10.2 Å². The number of alkyl carbamates (subject to hydrolysis) is 1. The first kappa shape index (κ1) is 29.3. The minimum atomic E-state index is -1.05. The van der Waals surface area contributed by atoms with Gasteiger partial charge in [0.25, 0.3) is 0 Å². The first-order valence-corrected chi connectivity index (χ1v) is 14.6. The van der Waals surface area contributed by atoms with Crippen molar-refractivity contribution in [3.63, 3.8) is 0 Å². The van der Waals surface area contributed by atoms with Gasteiger partial charge in [0, 0.05) is 19.0 Å². The Labute approximate surface area is 246 Å². The third-order valence-corrected chi connectivity index (χ3v) is 8.56. The third-order valence-electron chi connectivity index (χ3n) is 8.56. The molecule has 42 heavy (non-hydrogen) atoms. The number of nitrogens with one attached hydrogen (secondary N) is 1. The van der Waals surface area contributed by atoms with E-state index in [0.29, 0.717) is 25.8 Å². The molecule has 1 aliphatic carbocycles. The van der Waals surface area contributed by atoms with Crippen LogP contribution in [0.1, 0.15) is 55.7 Å². The van der Waals surface area contributed by atoms with Crippen LogP contribution in [0.15, 0.2) is 78.9 Å². The summed E-state index contributed by atoms with van der Waals surface area (Å²) in [6.07, 6.45) is 0.147. The lowest BCUT2D eigenvalue weighted by Gasteiger charge is -2.30. The fourth-order valence-electron chi connectivity index (χ4n) is 6.27. The summed E-state index contributed by atoms with van der Waals surface area (Å²) in [7, 11) is 0. The lowest BCUT2D eigenvalue weighted by molar-refractivity contribution is -0.149. The summed E-state index contributed by atoms with van der Waals surface area (Å²) in [5.41, 5.74) is 4.40. The van der Waals surface area contributed by atoms with Crippen LogP contribution in [0.25, 0.3) is 11.1 Å². The molecule has 5 rings (SSSR count). The molecule has 2 aliphatic rings. The Hall–Kier alpha value is -4.17. The lowest BCUT2D eigenvalue weighted by atomic mass is 9.83. The van der Waals surface area contributed by atoms with Gasteiger partial charge in [-0.3, -0.25) is 9.59 Å². The molecular formula is C34H38N2O6. The normalized spacial score (nSPS) is 19.0. The Balaban J connectivity index is 1.30. The number of ether oxygens (including phenoxy) is 2. The Bertz CT molecular complexity index is 1380. The number of nitrogens with zero attached hydrogens (tertiary/aromatic N) is 1. The number of rotatable bonds is 11. The van der Waals surface area contributed by atoms with Gasteiger partial charge in [0.2, 0.25) is 5.91 Å². The van der Waals surface area contributed by atoms with Crippen molar-refractivity contribution in [2.24, 2.45) is 5.41 Å². The number of benzene rings is 3. The van der Waals surface area contributed by atoms with Crippen molar-refractivity contribution < 1.29 is 29.0 Å². The number of carboxylic acid groups (broad SMARTS) is 1. The number of hydrogen-bond acceptors (Lipinski definition) is 5. The van der Waals surface area contributed by atoms with Crippen molar-refractivity contribution >= 4 is 18.0 Å². The van der Waals surface area contributed by atoms with Gasteiger partial charge in [0.05, 0.1) is 18.1 Å². The van der Waals surface area contributed by atoms with Crippen LogP contribution in [-0.4, -0.2) is 59.8 Å². The molecule has 0 saturated carbocycles. The van der Waals surface area contributed by atoms with Crippen molar-refractivity contribution in [1.29, 1.82) is 0 Å². The number of amides is 2. The number of fused-ring (bicyclic) bond motifs is 3. The van der Waals surface area contributed by atoms with Gasteiger partial charge in [-0.15, -0.1) is 0 Å². The summed E-state index contributed by atoms with van der Waals surface area (Å²) in [6.45, 7) is 4.45. The van der Waals surface area contributed by atoms with E-state index in [4.69, 9.17) is 9.47 Å². The van der Waals surface area contributed by atoms with Gasteiger partial charge >= 0.3 is 12.1 Å². The number of carbonyl (C=O) groups excluding carboxylic acids is 2. The second-order valence-electron chi connectivity index (χ2n) is 11.3. The average Bonchev–Trinajstić information content (AvgIpc) is 3.58. The topological polar surface area (TPSA) is 105 Å². The minimum absolute atomic E-state index is 0.100. The summed E-state index contributed by atoms with van der Waals surface area (Å²) in [4.78, 5) is 40.7. The van der Waals surface area contributed by atoms with Gasteiger partial charge in [-0.1, -0.05) is 92.2 Å². The average molecular weight is 571 g/mol. The van der Waals surface area contributed by atoms with E-state index in [-0.39, 0.29) is 31.6 Å². The molecule has 3 aromatic carbocycles. The summed E-state index contributed by atoms with van der Waals surface area (Å²) in [6, 6.07) is 24.7. The van der Waals surface area contributed by atoms with Crippen molar-refractivity contribution in [3.8, 4) is 11.1 Å². The van der Waals surface area contributed by atoms with E-state index in [9.17, 15) is 19.5 Å². The smallest absolute Gasteiger partial charge is 0.407 e. The Morgan fingerprint density at radius 3 is 2.21 bits per heavy atom. The van der Waals surface area contributed by atoms with Crippen LogP contribution in [-0.2, 0) is 25.7 Å². The number of carboxylic acids is 1. The molecule has 3 unspecified atom stereocenters. The van der Waals surface area contributed by atoms with Gasteiger partial charge < -0.3 is 24.8 Å². The molecule has 220 valence electrons. The second kappa shape index (κ2) is 12.8. The number of hydrogen-bond donors (Lipinski definition) is 2. The first-order valence-electron chi connectivity index (χ1n) is 14.6. The van der Waals surface area contributed by atoms with Crippen molar-refractivity contribution in [2.75, 3.05) is 19.7 Å². The quantitative estimate of drug-likeness (QED) is 0.311. The molecule has 3 aromatic rings. The van der Waals surface area contributed by atoms with E-state index in [1.54, 1.807) is 11.8 Å². The molecule has 1 fully saturated rings. The maximum absolute atomic E-state index is 13.8. The van der Waals surface area contributed by atoms with Crippen LogP contribution in [0, 0.1) is 5.41 Å². The highest BCUT2D eigenvalue weighted by molar-refractivity contribution is 5.88. The highest BCUT2D eigenvalue weighted by atomic mass is 16.5. The standard InChI is InChI=1S/C34H38N2O6/c1-3-17-34(32(38)39)18-19-36(22-34)31(37)30(23(2)41-20-24-11-5-4-6-12-24)35-33(40)42-21-29-27-15-9-7-13-25(27)26-14-8-10-16-28(26)29/h4-16,23,29-30H,3,17-22H2,1-2H3,(H,35,40)(H,38,39). The first-order chi connectivity index (χ1) is 20.3. The molecule has 3 atom stereocenters. The molecule has 0 spiro atoms. The van der Waals surface area contributed by atoms with Crippen LogP contribution in [0.2, 0.25) is 0 Å². The highest BCUT2D eigenvalue weighted by Crippen LogP contribution is 2.44. The zero-order chi connectivity index (χ0) is 29.7. The Morgan fingerprint density at radius 2 is 1.60 bits per heavy atom. The summed E-state index contributed by atoms with van der Waals surface area (Å²) < 4.78 is 11.8. The molecule has 1 saturated heterocycles. The molecular weight excluding hydrogens is 532 g/mol. The molecule has 2 amide bonds. The Morgan fingerprint density at radius 1 is 0.976 bits per heavy atom. The van der Waals surface area contributed by atoms with Crippen LogP contribution in [0.3, 0.4) is 0 Å². The van der Waals surface area contributed by atoms with Gasteiger partial charge in [0.15, 0.2) is 0 Å². The third kappa shape index (κ3) is 6.04. The summed E-state index contributed by atoms with van der Waals surface area (Å²) in [5.74, 6) is -1.38. The van der Waals surface area contributed by atoms with E-state index in [0.717, 1.165) is 27.8 Å². The zero-order valence-corrected chi connectivity index (χ0v) is 24.1. The maximum atomic E-state index is 13.8. The van der Waals surface area contributed by atoms with E-state index in [1.165, 1.54) is 0 Å². The van der Waals surface area contributed by atoms with Gasteiger partial charge in [0.1, 0.15) is 12.6 Å². The minimum Gasteiger partial charge on any atom is -0.481 e. The van der Waals surface area contributed by atoms with Gasteiger partial charge in [-0.2, -0.15) is 0 Å². The van der Waals surface area contributed by atoms with E-state index < -0.39 is 29.6 Å². The van der Waals surface area contributed by atoms with E-state index >= 15 is 0 Å². The van der Waals surface area contributed by atoms with E-state index in [1.807, 2.05) is 73.7 Å². The SMILES string of the molecule is CCCC1(C(=O)O)CCN(C(=O)C(NC(=O)OCC2c3ccccc3-c3ccccc32)C(C)OCc2ccccc2)C1. The van der Waals surface area contributed by atoms with Crippen molar-refractivity contribution in [2.45, 2.75) is 57.8 Å². The van der Waals surface area contributed by atoms with Crippen LogP contribution >= 0.6 is 0 Å². The largest absolute Gasteiger partial charge is 0.481 e. The fraction of sp³-hybridized carbons (Fsp3) is 0.382. The molecule has 8 heteroatoms. The number of carbonyl (C=O) groups is 3. The Kier molecular flexibility index (Phi) is 8.92. The summed E-state index contributed by atoms with van der Waals surface area (Å²) in [5, 5.41) is 12.7. The predicted molar refractivity (Wildman–Crippen MR) is 159 cm³/mol. The lowest BCUT2D eigenvalue weighted by Crippen LogP contribution is -2.54. The fourth-order valence-corrected chi connectivity index (χ4v) is 6.27. The maximum Gasteiger partial charge on any atom is 0.407 e. The molecule has 0 bridgehead atoms. The molecule has 1 aliphatic heterocycles. The van der Waals surface area contributed by atoms with Crippen LogP contribution in [0.5, 0.6) is 0 Å². The molecule has 0 aromatic heterocycles. The summed E-state index contributed by atoms with van der Waals surface area (Å²) >= 11 is 0. The number of aliphatic carboxylic acids is 1. The molecule has 2 N–H and O–H groups in total. The molecule has 0 radical (unpaired) electrons. The zero-order valence-electron chi connectivity index (χ0n) is 24.1. The van der Waals surface area contributed by atoms with Gasteiger partial charge in [-0.25, -0.2) is 4.79 Å². The monoisotopic (exact) mass is 570 g/mol. The second-order valence-corrected chi connectivity index (χ2v) is 11.3.